The summed E-state index contributed by atoms with van der Waals surface area (Å²) in [5, 5.41) is 39.2. The maximum Gasteiger partial charge on any atom is 0.414 e. The first-order valence-electron chi connectivity index (χ1n) is 10.1. The van der Waals surface area contributed by atoms with Crippen LogP contribution in [0.5, 0.6) is 5.75 Å². The smallest absolute Gasteiger partial charge is 0.414 e. The zero-order valence-corrected chi connectivity index (χ0v) is 18.3. The lowest BCUT2D eigenvalue weighted by atomic mass is 10.2. The minimum Gasteiger partial charge on any atom is -0.508 e. The highest BCUT2D eigenvalue weighted by Gasteiger charge is 2.21. The van der Waals surface area contributed by atoms with Crippen LogP contribution in [0.25, 0.3) is 11.0 Å². The number of hydrogen-bond acceptors (Lipinski definition) is 8. The number of imidazole rings is 1. The highest BCUT2D eigenvalue weighted by atomic mass is 16.4. The molecule has 182 valence electrons. The van der Waals surface area contributed by atoms with Gasteiger partial charge in [-0.15, -0.1) is 0 Å². The summed E-state index contributed by atoms with van der Waals surface area (Å²) in [6, 6.07) is 5.46. The van der Waals surface area contributed by atoms with E-state index in [-0.39, 0.29) is 5.75 Å². The van der Waals surface area contributed by atoms with E-state index in [0.29, 0.717) is 0 Å². The Bertz CT molecular complexity index is 937. The molecule has 2 aromatic rings. The van der Waals surface area contributed by atoms with Crippen molar-refractivity contribution in [3.63, 3.8) is 0 Å². The Labute approximate surface area is 189 Å². The number of benzene rings is 1. The number of carboxylic acid groups (broad SMARTS) is 4. The fourth-order valence-corrected chi connectivity index (χ4v) is 3.10. The molecule has 0 aliphatic carbocycles. The molecule has 2 heterocycles. The van der Waals surface area contributed by atoms with E-state index in [4.69, 9.17) is 44.6 Å². The second-order valence-corrected chi connectivity index (χ2v) is 6.82. The third-order valence-corrected chi connectivity index (χ3v) is 4.75. The number of carboxylic acids is 4. The molecule has 13 nitrogen and oxygen atoms in total. The van der Waals surface area contributed by atoms with Gasteiger partial charge in [0.15, 0.2) is 0 Å². The minimum atomic E-state index is -1.82. The van der Waals surface area contributed by atoms with E-state index in [9.17, 15) is 5.11 Å². The molecule has 0 saturated heterocycles. The summed E-state index contributed by atoms with van der Waals surface area (Å²) in [6.45, 7) is 10.8. The lowest BCUT2D eigenvalue weighted by molar-refractivity contribution is -0.159. The number of carbonyl (C=O) groups is 4. The van der Waals surface area contributed by atoms with Gasteiger partial charge in [0.1, 0.15) is 5.75 Å². The molecule has 1 aromatic carbocycles. The Morgan fingerprint density at radius 2 is 1.48 bits per heavy atom. The van der Waals surface area contributed by atoms with Gasteiger partial charge in [-0.25, -0.2) is 24.2 Å². The standard InChI is InChI=1S/C16H24N4O.2C2H2O4/c1-3-18(4-2)10-11-19-8-5-9-20-15-7-6-13(21)12-14(15)17-16(19)20;2*3-1(4)2(5)6/h6-7,12,21H,3-5,8-11H2,1-2H3;2*(H,3,4)(H,5,6). The fourth-order valence-electron chi connectivity index (χ4n) is 3.10. The molecule has 0 fully saturated rings. The lowest BCUT2D eigenvalue weighted by Gasteiger charge is -2.31. The number of fused-ring (bicyclic) bond motifs is 3. The van der Waals surface area contributed by atoms with Crippen LogP contribution in [-0.4, -0.2) is 96.6 Å². The van der Waals surface area contributed by atoms with E-state index in [0.717, 1.165) is 62.7 Å². The number of aromatic hydroxyl groups is 1. The number of nitrogens with zero attached hydrogens (tertiary/aromatic N) is 4. The van der Waals surface area contributed by atoms with Gasteiger partial charge in [-0.05, 0) is 31.6 Å². The molecule has 0 spiro atoms. The van der Waals surface area contributed by atoms with Crippen LogP contribution in [-0.2, 0) is 25.7 Å². The summed E-state index contributed by atoms with van der Waals surface area (Å²) in [6.07, 6.45) is 1.15. The average Bonchev–Trinajstić information content (AvgIpc) is 3.13. The molecule has 0 amide bonds. The molecule has 1 aromatic heterocycles. The van der Waals surface area contributed by atoms with Crippen LogP contribution in [0.1, 0.15) is 20.3 Å². The van der Waals surface area contributed by atoms with Gasteiger partial charge in [-0.2, -0.15) is 0 Å². The molecule has 5 N–H and O–H groups in total. The second kappa shape index (κ2) is 12.9. The normalized spacial score (nSPS) is 12.2. The number of rotatable bonds is 5. The predicted octanol–water partition coefficient (Wildman–Crippen LogP) is 0.605. The first-order chi connectivity index (χ1) is 15.5. The summed E-state index contributed by atoms with van der Waals surface area (Å²) < 4.78 is 2.28. The van der Waals surface area contributed by atoms with Crippen molar-refractivity contribution < 1.29 is 44.7 Å². The molecule has 1 aliphatic heterocycles. The predicted molar refractivity (Wildman–Crippen MR) is 117 cm³/mol. The Hall–Kier alpha value is -3.87. The van der Waals surface area contributed by atoms with Gasteiger partial charge < -0.3 is 39.9 Å². The lowest BCUT2D eigenvalue weighted by Crippen LogP contribution is -2.39. The molecule has 0 bridgehead atoms. The quantitative estimate of drug-likeness (QED) is 0.384. The third kappa shape index (κ3) is 8.29. The van der Waals surface area contributed by atoms with Gasteiger partial charge >= 0.3 is 23.9 Å². The number of hydrogen-bond donors (Lipinski definition) is 5. The first kappa shape index (κ1) is 27.2. The summed E-state index contributed by atoms with van der Waals surface area (Å²) in [5.74, 6) is -5.96. The van der Waals surface area contributed by atoms with Crippen LogP contribution in [0.15, 0.2) is 18.2 Å². The summed E-state index contributed by atoms with van der Waals surface area (Å²) in [5.41, 5.74) is 2.01. The first-order valence-corrected chi connectivity index (χ1v) is 10.1. The largest absolute Gasteiger partial charge is 0.508 e. The van der Waals surface area contributed by atoms with Gasteiger partial charge in [0, 0.05) is 32.2 Å². The molecule has 0 atom stereocenters. The number of likely N-dealkylation sites (N-methyl/N-ethyl adjacent to an activating group) is 1. The van der Waals surface area contributed by atoms with Crippen molar-refractivity contribution in [2.45, 2.75) is 26.8 Å². The van der Waals surface area contributed by atoms with E-state index < -0.39 is 23.9 Å². The van der Waals surface area contributed by atoms with E-state index >= 15 is 0 Å². The van der Waals surface area contributed by atoms with Crippen LogP contribution in [0.4, 0.5) is 5.95 Å². The molecular formula is C20H28N4O9. The van der Waals surface area contributed by atoms with Crippen molar-refractivity contribution in [1.82, 2.24) is 14.5 Å². The Balaban J connectivity index is 0.000000377. The highest BCUT2D eigenvalue weighted by molar-refractivity contribution is 6.27. The molecule has 1 aliphatic rings. The second-order valence-electron chi connectivity index (χ2n) is 6.82. The monoisotopic (exact) mass is 468 g/mol. The third-order valence-electron chi connectivity index (χ3n) is 4.75. The summed E-state index contributed by atoms with van der Waals surface area (Å²) in [7, 11) is 0. The molecule has 0 radical (unpaired) electrons. The van der Waals surface area contributed by atoms with Crippen LogP contribution in [0.3, 0.4) is 0 Å². The van der Waals surface area contributed by atoms with Crippen LogP contribution in [0.2, 0.25) is 0 Å². The molecule has 3 rings (SSSR count). The number of aliphatic carboxylic acids is 4. The zero-order chi connectivity index (χ0) is 25.1. The van der Waals surface area contributed by atoms with Crippen molar-refractivity contribution in [1.29, 1.82) is 0 Å². The molecular weight excluding hydrogens is 440 g/mol. The van der Waals surface area contributed by atoms with Gasteiger partial charge in [-0.1, -0.05) is 13.8 Å². The van der Waals surface area contributed by atoms with Crippen molar-refractivity contribution >= 4 is 40.9 Å². The van der Waals surface area contributed by atoms with Crippen LogP contribution < -0.4 is 4.90 Å². The Morgan fingerprint density at radius 1 is 0.939 bits per heavy atom. The SMILES string of the molecule is CCN(CC)CCN1CCCn2c1nc1cc(O)ccc12.O=C(O)C(=O)O.O=C(O)C(=O)O. The van der Waals surface area contributed by atoms with E-state index in [1.165, 1.54) is 0 Å². The molecule has 13 heteroatoms. The van der Waals surface area contributed by atoms with Gasteiger partial charge in [0.2, 0.25) is 5.95 Å². The topological polar surface area (TPSA) is 194 Å². The Morgan fingerprint density at radius 3 is 1.97 bits per heavy atom. The Kier molecular flexibility index (Phi) is 10.6. The fraction of sp³-hybridized carbons (Fsp3) is 0.450. The zero-order valence-electron chi connectivity index (χ0n) is 18.3. The van der Waals surface area contributed by atoms with Gasteiger partial charge in [-0.3, -0.25) is 0 Å². The maximum absolute atomic E-state index is 9.63. The minimum absolute atomic E-state index is 0.285. The van der Waals surface area contributed by atoms with E-state index in [1.54, 1.807) is 12.1 Å². The van der Waals surface area contributed by atoms with Gasteiger partial charge in [0.25, 0.3) is 0 Å². The van der Waals surface area contributed by atoms with E-state index in [1.807, 2.05) is 6.07 Å². The number of anilines is 1. The van der Waals surface area contributed by atoms with Crippen molar-refractivity contribution in [2.24, 2.45) is 0 Å². The van der Waals surface area contributed by atoms with Crippen molar-refractivity contribution in [2.75, 3.05) is 37.6 Å². The maximum atomic E-state index is 9.63. The summed E-state index contributed by atoms with van der Waals surface area (Å²) >= 11 is 0. The van der Waals surface area contributed by atoms with Gasteiger partial charge in [0.05, 0.1) is 11.0 Å². The number of aromatic nitrogens is 2. The number of aryl methyl sites for hydroxylation is 1. The summed E-state index contributed by atoms with van der Waals surface area (Å²) in [4.78, 5) is 45.9. The molecule has 0 saturated carbocycles. The van der Waals surface area contributed by atoms with Crippen molar-refractivity contribution in [3.05, 3.63) is 18.2 Å². The van der Waals surface area contributed by atoms with Crippen molar-refractivity contribution in [3.8, 4) is 5.75 Å². The molecule has 33 heavy (non-hydrogen) atoms. The number of phenolic OH excluding ortho intramolecular Hbond substituents is 1. The van der Waals surface area contributed by atoms with Crippen LogP contribution in [0, 0.1) is 0 Å². The molecule has 0 unspecified atom stereocenters. The number of phenols is 1. The average molecular weight is 468 g/mol. The van der Waals surface area contributed by atoms with E-state index in [2.05, 4.69) is 28.2 Å². The van der Waals surface area contributed by atoms with Crippen LogP contribution >= 0.6 is 0 Å². The highest BCUT2D eigenvalue weighted by Crippen LogP contribution is 2.28.